The van der Waals surface area contributed by atoms with Crippen LogP contribution in [0.15, 0.2) is 18.2 Å². The summed E-state index contributed by atoms with van der Waals surface area (Å²) >= 11 is 0. The van der Waals surface area contributed by atoms with Crippen molar-refractivity contribution in [2.45, 2.75) is 31.5 Å². The summed E-state index contributed by atoms with van der Waals surface area (Å²) in [6.45, 7) is 1.14. The van der Waals surface area contributed by atoms with Crippen LogP contribution in [0.1, 0.15) is 24.8 Å². The summed E-state index contributed by atoms with van der Waals surface area (Å²) < 4.78 is 43.2. The second-order valence-corrected chi connectivity index (χ2v) is 5.60. The van der Waals surface area contributed by atoms with Gasteiger partial charge in [0, 0.05) is 32.2 Å². The summed E-state index contributed by atoms with van der Waals surface area (Å²) in [5, 5.41) is 16.3. The summed E-state index contributed by atoms with van der Waals surface area (Å²) in [5.41, 5.74) is -1.85. The minimum Gasteiger partial charge on any atom is -0.379 e. The first kappa shape index (κ1) is 19.0. The molecular weight excluding hydrogens is 343 g/mol. The number of benzene rings is 1. The first-order valence-electron chi connectivity index (χ1n) is 7.75. The minimum atomic E-state index is -4.66. The smallest absolute Gasteiger partial charge is 0.379 e. The van der Waals surface area contributed by atoms with Gasteiger partial charge in [0.05, 0.1) is 16.6 Å². The van der Waals surface area contributed by atoms with Gasteiger partial charge in [0.1, 0.15) is 5.69 Å². The third kappa shape index (κ3) is 5.59. The summed E-state index contributed by atoms with van der Waals surface area (Å²) in [5.74, 6) is -0.266. The first-order valence-corrected chi connectivity index (χ1v) is 7.75. The third-order valence-electron chi connectivity index (χ3n) is 3.74. The topological polar surface area (TPSA) is 93.5 Å². The Kier molecular flexibility index (Phi) is 6.18. The van der Waals surface area contributed by atoms with Gasteiger partial charge >= 0.3 is 6.18 Å². The van der Waals surface area contributed by atoms with E-state index in [9.17, 15) is 28.1 Å². The van der Waals surface area contributed by atoms with Crippen LogP contribution in [0.4, 0.5) is 24.5 Å². The number of carbonyl (C=O) groups excluding carboxylic acids is 1. The van der Waals surface area contributed by atoms with E-state index in [4.69, 9.17) is 4.74 Å². The van der Waals surface area contributed by atoms with Crippen molar-refractivity contribution in [3.05, 3.63) is 33.9 Å². The molecule has 1 atom stereocenters. The van der Waals surface area contributed by atoms with Crippen molar-refractivity contribution in [1.29, 1.82) is 0 Å². The van der Waals surface area contributed by atoms with Gasteiger partial charge < -0.3 is 15.4 Å². The quantitative estimate of drug-likeness (QED) is 0.575. The van der Waals surface area contributed by atoms with E-state index in [0.717, 1.165) is 25.0 Å². The molecule has 1 fully saturated rings. The van der Waals surface area contributed by atoms with E-state index in [1.54, 1.807) is 0 Å². The summed E-state index contributed by atoms with van der Waals surface area (Å²) in [6, 6.07) is 2.22. The fourth-order valence-electron chi connectivity index (χ4n) is 2.44. The van der Waals surface area contributed by atoms with E-state index in [0.29, 0.717) is 19.2 Å². The van der Waals surface area contributed by atoms with Crippen LogP contribution in [0, 0.1) is 10.1 Å². The highest BCUT2D eigenvalue weighted by Gasteiger charge is 2.33. The summed E-state index contributed by atoms with van der Waals surface area (Å²) in [4.78, 5) is 21.8. The van der Waals surface area contributed by atoms with Crippen molar-refractivity contribution < 1.29 is 27.6 Å². The molecule has 0 radical (unpaired) electrons. The molecule has 1 aliphatic heterocycles. The van der Waals surface area contributed by atoms with Crippen LogP contribution in [0.3, 0.4) is 0 Å². The normalized spacial score (nSPS) is 17.3. The first-order chi connectivity index (χ1) is 11.8. The molecular formula is C15H18F3N3O4. The second kappa shape index (κ2) is 8.15. The zero-order chi connectivity index (χ0) is 18.4. The van der Waals surface area contributed by atoms with Gasteiger partial charge in [-0.25, -0.2) is 0 Å². The second-order valence-electron chi connectivity index (χ2n) is 5.60. The lowest BCUT2D eigenvalue weighted by Gasteiger charge is -2.12. The molecule has 1 saturated heterocycles. The highest BCUT2D eigenvalue weighted by atomic mass is 19.4. The predicted molar refractivity (Wildman–Crippen MR) is 83.2 cm³/mol. The zero-order valence-corrected chi connectivity index (χ0v) is 13.3. The maximum atomic E-state index is 12.6. The monoisotopic (exact) mass is 361 g/mol. The lowest BCUT2D eigenvalue weighted by molar-refractivity contribution is -0.384. The van der Waals surface area contributed by atoms with Crippen LogP contribution in [0.25, 0.3) is 0 Å². The van der Waals surface area contributed by atoms with Gasteiger partial charge in [0.25, 0.3) is 5.69 Å². The van der Waals surface area contributed by atoms with Crippen molar-refractivity contribution in [1.82, 2.24) is 5.32 Å². The summed E-state index contributed by atoms with van der Waals surface area (Å²) in [7, 11) is 0. The fourth-order valence-corrected chi connectivity index (χ4v) is 2.44. The molecule has 1 aromatic rings. The number of hydrogen-bond acceptors (Lipinski definition) is 5. The highest BCUT2D eigenvalue weighted by molar-refractivity contribution is 5.76. The number of rotatable bonds is 7. The number of nitrogens with zero attached hydrogens (tertiary/aromatic N) is 1. The average Bonchev–Trinajstić information content (AvgIpc) is 3.05. The SMILES string of the molecule is O=C(CCNc1ccc(C(F)(F)F)cc1[N+](=O)[O-])NC[C@@H]1CCCO1. The Morgan fingerprint density at radius 3 is 2.76 bits per heavy atom. The lowest BCUT2D eigenvalue weighted by atomic mass is 10.1. The zero-order valence-electron chi connectivity index (χ0n) is 13.3. The molecule has 25 heavy (non-hydrogen) atoms. The average molecular weight is 361 g/mol. The van der Waals surface area contributed by atoms with Crippen LogP contribution in [-0.2, 0) is 15.7 Å². The fraction of sp³-hybridized carbons (Fsp3) is 0.533. The molecule has 1 aromatic carbocycles. The van der Waals surface area contributed by atoms with Crippen molar-refractivity contribution in [3.63, 3.8) is 0 Å². The number of hydrogen-bond donors (Lipinski definition) is 2. The van der Waals surface area contributed by atoms with E-state index in [1.165, 1.54) is 0 Å². The van der Waals surface area contributed by atoms with Gasteiger partial charge in [-0.05, 0) is 25.0 Å². The van der Waals surface area contributed by atoms with Gasteiger partial charge in [-0.2, -0.15) is 13.2 Å². The number of ether oxygens (including phenoxy) is 1. The molecule has 2 rings (SSSR count). The largest absolute Gasteiger partial charge is 0.416 e. The molecule has 10 heteroatoms. The molecule has 0 aliphatic carbocycles. The van der Waals surface area contributed by atoms with Crippen LogP contribution in [0.2, 0.25) is 0 Å². The molecule has 0 unspecified atom stereocenters. The Labute approximate surface area is 141 Å². The molecule has 138 valence electrons. The van der Waals surface area contributed by atoms with Gasteiger partial charge in [-0.1, -0.05) is 0 Å². The molecule has 0 spiro atoms. The third-order valence-corrected chi connectivity index (χ3v) is 3.74. The Hall–Kier alpha value is -2.36. The molecule has 0 saturated carbocycles. The maximum absolute atomic E-state index is 12.6. The number of halogens is 3. The Morgan fingerprint density at radius 1 is 1.40 bits per heavy atom. The summed E-state index contributed by atoms with van der Waals surface area (Å²) in [6.07, 6.45) is -2.78. The van der Waals surface area contributed by atoms with Crippen molar-refractivity contribution >= 4 is 17.3 Å². The predicted octanol–water partition coefficient (Wildman–Crippen LogP) is 2.71. The van der Waals surface area contributed by atoms with Crippen molar-refractivity contribution in [2.75, 3.05) is 25.0 Å². The van der Waals surface area contributed by atoms with Gasteiger partial charge in [-0.15, -0.1) is 0 Å². The van der Waals surface area contributed by atoms with E-state index >= 15 is 0 Å². The van der Waals surface area contributed by atoms with Gasteiger partial charge in [0.2, 0.25) is 5.91 Å². The van der Waals surface area contributed by atoms with Gasteiger partial charge in [-0.3, -0.25) is 14.9 Å². The van der Waals surface area contributed by atoms with E-state index < -0.39 is 22.4 Å². The molecule has 0 bridgehead atoms. The Morgan fingerprint density at radius 2 is 2.16 bits per heavy atom. The van der Waals surface area contributed by atoms with Crippen LogP contribution in [0.5, 0.6) is 0 Å². The van der Waals surface area contributed by atoms with Crippen LogP contribution < -0.4 is 10.6 Å². The number of carbonyl (C=O) groups is 1. The number of alkyl halides is 3. The number of anilines is 1. The molecule has 1 amide bonds. The Balaban J connectivity index is 1.87. The molecule has 1 aliphatic rings. The highest BCUT2D eigenvalue weighted by Crippen LogP contribution is 2.34. The van der Waals surface area contributed by atoms with Crippen molar-refractivity contribution in [3.8, 4) is 0 Å². The van der Waals surface area contributed by atoms with Crippen molar-refractivity contribution in [2.24, 2.45) is 0 Å². The van der Waals surface area contributed by atoms with E-state index in [1.807, 2.05) is 0 Å². The number of amides is 1. The molecule has 1 heterocycles. The van der Waals surface area contributed by atoms with Crippen LogP contribution in [-0.4, -0.2) is 36.6 Å². The molecule has 0 aromatic heterocycles. The van der Waals surface area contributed by atoms with E-state index in [2.05, 4.69) is 10.6 Å². The Bertz CT molecular complexity index is 631. The molecule has 7 nitrogen and oxygen atoms in total. The number of nitrogens with one attached hydrogen (secondary N) is 2. The van der Waals surface area contributed by atoms with Gasteiger partial charge in [0.15, 0.2) is 0 Å². The molecule has 2 N–H and O–H groups in total. The lowest BCUT2D eigenvalue weighted by Crippen LogP contribution is -2.32. The maximum Gasteiger partial charge on any atom is 0.416 e. The number of nitro benzene ring substituents is 1. The van der Waals surface area contributed by atoms with Crippen LogP contribution >= 0.6 is 0 Å². The van der Waals surface area contributed by atoms with E-state index in [-0.39, 0.29) is 30.7 Å². The minimum absolute atomic E-state index is 0.00732. The standard InChI is InChI=1S/C15H18F3N3O4/c16-15(17,18)10-3-4-12(13(8-10)21(23)24)19-6-5-14(22)20-9-11-2-1-7-25-11/h3-4,8,11,19H,1-2,5-7,9H2,(H,20,22)/t11-/m0/s1. The number of nitro groups is 1.